The third-order valence-corrected chi connectivity index (χ3v) is 5.27. The molecule has 7 nitrogen and oxygen atoms in total. The van der Waals surface area contributed by atoms with Crippen molar-refractivity contribution in [2.24, 2.45) is 0 Å². The highest BCUT2D eigenvalue weighted by molar-refractivity contribution is 5.73. The van der Waals surface area contributed by atoms with Gasteiger partial charge in [-0.2, -0.15) is 4.98 Å². The molecule has 2 aromatic heterocycles. The Bertz CT molecular complexity index is 1080. The summed E-state index contributed by atoms with van der Waals surface area (Å²) in [5.74, 6) is 0.319. The van der Waals surface area contributed by atoms with Crippen LogP contribution >= 0.6 is 0 Å². The first-order valence-corrected chi connectivity index (χ1v) is 9.76. The summed E-state index contributed by atoms with van der Waals surface area (Å²) < 4.78 is 18.4. The molecule has 1 atom stereocenters. The lowest BCUT2D eigenvalue weighted by Crippen LogP contribution is -2.34. The SMILES string of the molecule is O=c1nc(OCC2COCCO2)cc2n1CCc1cc(-c3cccnc3)ccc1-2. The first-order valence-electron chi connectivity index (χ1n) is 9.76. The van der Waals surface area contributed by atoms with Gasteiger partial charge in [-0.3, -0.25) is 9.55 Å². The molecule has 0 aliphatic carbocycles. The topological polar surface area (TPSA) is 75.5 Å². The van der Waals surface area contributed by atoms with Gasteiger partial charge in [0.2, 0.25) is 5.88 Å². The number of ether oxygens (including phenoxy) is 3. The number of pyridine rings is 1. The maximum atomic E-state index is 12.5. The van der Waals surface area contributed by atoms with Crippen molar-refractivity contribution in [3.8, 4) is 28.3 Å². The molecule has 0 amide bonds. The van der Waals surface area contributed by atoms with E-state index >= 15 is 0 Å². The quantitative estimate of drug-likeness (QED) is 0.680. The molecule has 0 bridgehead atoms. The van der Waals surface area contributed by atoms with Gasteiger partial charge < -0.3 is 14.2 Å². The zero-order valence-corrected chi connectivity index (χ0v) is 15.9. The van der Waals surface area contributed by atoms with E-state index in [1.807, 2.05) is 24.4 Å². The molecule has 2 aliphatic rings. The van der Waals surface area contributed by atoms with E-state index < -0.39 is 0 Å². The van der Waals surface area contributed by atoms with Crippen LogP contribution in [-0.4, -0.2) is 47.1 Å². The molecule has 4 heterocycles. The number of hydrogen-bond donors (Lipinski definition) is 0. The van der Waals surface area contributed by atoms with Gasteiger partial charge in [0, 0.05) is 30.6 Å². The third kappa shape index (κ3) is 3.66. The predicted octanol–water partition coefficient (Wildman–Crippen LogP) is 2.32. The van der Waals surface area contributed by atoms with Gasteiger partial charge in [0.05, 0.1) is 25.5 Å². The Labute approximate surface area is 167 Å². The third-order valence-electron chi connectivity index (χ3n) is 5.27. The van der Waals surface area contributed by atoms with Crippen molar-refractivity contribution in [3.63, 3.8) is 0 Å². The highest BCUT2D eigenvalue weighted by Gasteiger charge is 2.21. The molecule has 1 unspecified atom stereocenters. The minimum Gasteiger partial charge on any atom is -0.475 e. The number of nitrogens with zero attached hydrogens (tertiary/aromatic N) is 3. The minimum absolute atomic E-state index is 0.140. The van der Waals surface area contributed by atoms with Gasteiger partial charge in [-0.05, 0) is 29.2 Å². The van der Waals surface area contributed by atoms with Gasteiger partial charge in [0.25, 0.3) is 0 Å². The van der Waals surface area contributed by atoms with Gasteiger partial charge in [-0.25, -0.2) is 4.79 Å². The monoisotopic (exact) mass is 391 g/mol. The van der Waals surface area contributed by atoms with Crippen molar-refractivity contribution in [2.75, 3.05) is 26.4 Å². The second-order valence-electron chi connectivity index (χ2n) is 7.16. The van der Waals surface area contributed by atoms with Gasteiger partial charge >= 0.3 is 5.69 Å². The van der Waals surface area contributed by atoms with E-state index in [0.717, 1.165) is 28.8 Å². The van der Waals surface area contributed by atoms with Crippen LogP contribution in [0.25, 0.3) is 22.4 Å². The fourth-order valence-corrected chi connectivity index (χ4v) is 3.80. The first-order chi connectivity index (χ1) is 14.3. The van der Waals surface area contributed by atoms with Gasteiger partial charge in [-0.15, -0.1) is 0 Å². The van der Waals surface area contributed by atoms with Crippen LogP contribution in [0.2, 0.25) is 0 Å². The summed E-state index contributed by atoms with van der Waals surface area (Å²) >= 11 is 0. The average Bonchev–Trinajstić information content (AvgIpc) is 2.78. The van der Waals surface area contributed by atoms with Crippen LogP contribution in [0.4, 0.5) is 0 Å². The van der Waals surface area contributed by atoms with Crippen molar-refractivity contribution >= 4 is 0 Å². The van der Waals surface area contributed by atoms with Crippen molar-refractivity contribution in [1.82, 2.24) is 14.5 Å². The summed E-state index contributed by atoms with van der Waals surface area (Å²) in [5, 5.41) is 0. The lowest BCUT2D eigenvalue weighted by Gasteiger charge is -2.24. The van der Waals surface area contributed by atoms with E-state index in [9.17, 15) is 4.79 Å². The highest BCUT2D eigenvalue weighted by Crippen LogP contribution is 2.32. The molecule has 29 heavy (non-hydrogen) atoms. The van der Waals surface area contributed by atoms with E-state index in [1.54, 1.807) is 10.8 Å². The zero-order valence-electron chi connectivity index (χ0n) is 15.9. The number of benzene rings is 1. The van der Waals surface area contributed by atoms with Crippen molar-refractivity contribution in [3.05, 3.63) is 64.8 Å². The highest BCUT2D eigenvalue weighted by atomic mass is 16.6. The largest absolute Gasteiger partial charge is 0.475 e. The van der Waals surface area contributed by atoms with Gasteiger partial charge in [-0.1, -0.05) is 24.3 Å². The molecule has 0 spiro atoms. The molecule has 1 saturated heterocycles. The fourth-order valence-electron chi connectivity index (χ4n) is 3.80. The Hall–Kier alpha value is -3.03. The maximum Gasteiger partial charge on any atom is 0.351 e. The second-order valence-corrected chi connectivity index (χ2v) is 7.16. The van der Waals surface area contributed by atoms with E-state index in [4.69, 9.17) is 14.2 Å². The van der Waals surface area contributed by atoms with Gasteiger partial charge in [0.15, 0.2) is 0 Å². The molecule has 1 aromatic carbocycles. The zero-order chi connectivity index (χ0) is 19.6. The van der Waals surface area contributed by atoms with Crippen LogP contribution in [0.3, 0.4) is 0 Å². The van der Waals surface area contributed by atoms with Crippen molar-refractivity contribution in [1.29, 1.82) is 0 Å². The van der Waals surface area contributed by atoms with E-state index in [1.165, 1.54) is 5.56 Å². The molecule has 0 radical (unpaired) electrons. The summed E-state index contributed by atoms with van der Waals surface area (Å²) in [6.07, 6.45) is 4.27. The average molecular weight is 391 g/mol. The number of aromatic nitrogens is 3. The van der Waals surface area contributed by atoms with Crippen LogP contribution in [-0.2, 0) is 22.4 Å². The molecule has 1 fully saturated rings. The summed E-state index contributed by atoms with van der Waals surface area (Å²) in [6, 6.07) is 12.1. The Kier molecular flexibility index (Phi) is 4.83. The molecule has 5 rings (SSSR count). The predicted molar refractivity (Wildman–Crippen MR) is 107 cm³/mol. The van der Waals surface area contributed by atoms with Crippen LogP contribution in [0.5, 0.6) is 5.88 Å². The molecule has 0 N–H and O–H groups in total. The summed E-state index contributed by atoms with van der Waals surface area (Å²) in [6.45, 7) is 2.56. The Morgan fingerprint density at radius 3 is 2.97 bits per heavy atom. The van der Waals surface area contributed by atoms with E-state index in [2.05, 4.69) is 28.2 Å². The molecule has 0 saturated carbocycles. The molecular formula is C22H21N3O4. The second kappa shape index (κ2) is 7.77. The number of fused-ring (bicyclic) bond motifs is 3. The number of hydrogen-bond acceptors (Lipinski definition) is 6. The van der Waals surface area contributed by atoms with Crippen LogP contribution in [0, 0.1) is 0 Å². The summed E-state index contributed by atoms with van der Waals surface area (Å²) in [5.41, 5.74) is 4.97. The van der Waals surface area contributed by atoms with Crippen molar-refractivity contribution in [2.45, 2.75) is 19.1 Å². The van der Waals surface area contributed by atoms with E-state index in [-0.39, 0.29) is 11.8 Å². The maximum absolute atomic E-state index is 12.5. The molecule has 3 aromatic rings. The van der Waals surface area contributed by atoms with E-state index in [0.29, 0.717) is 38.9 Å². The normalized spacial score (nSPS) is 18.0. The summed E-state index contributed by atoms with van der Waals surface area (Å²) in [4.78, 5) is 20.8. The standard InChI is InChI=1S/C22H21N3O4/c26-22-24-21(29-14-18-13-27-8-9-28-18)11-20-19-4-3-15(17-2-1-6-23-12-17)10-16(19)5-7-25(20)22/h1-4,6,10-12,18H,5,7-9,13-14H2. The fraction of sp³-hybridized carbons (Fsp3) is 0.318. The number of aryl methyl sites for hydroxylation is 1. The minimum atomic E-state index is -0.291. The Morgan fingerprint density at radius 1 is 1.17 bits per heavy atom. The smallest absolute Gasteiger partial charge is 0.351 e. The first kappa shape index (κ1) is 18.0. The number of rotatable bonds is 4. The van der Waals surface area contributed by atoms with Crippen molar-refractivity contribution < 1.29 is 14.2 Å². The summed E-state index contributed by atoms with van der Waals surface area (Å²) in [7, 11) is 0. The lowest BCUT2D eigenvalue weighted by atomic mass is 9.94. The Balaban J connectivity index is 1.45. The molecule has 148 valence electrons. The lowest BCUT2D eigenvalue weighted by molar-refractivity contribution is -0.102. The Morgan fingerprint density at radius 2 is 2.14 bits per heavy atom. The van der Waals surface area contributed by atoms with Crippen LogP contribution < -0.4 is 10.4 Å². The molecule has 2 aliphatic heterocycles. The van der Waals surface area contributed by atoms with Crippen LogP contribution in [0.1, 0.15) is 5.56 Å². The molecule has 7 heteroatoms. The van der Waals surface area contributed by atoms with Crippen LogP contribution in [0.15, 0.2) is 53.6 Å². The van der Waals surface area contributed by atoms with Gasteiger partial charge in [0.1, 0.15) is 12.7 Å². The molecular weight excluding hydrogens is 370 g/mol.